The maximum Gasteiger partial charge on any atom is 0.245 e. The summed E-state index contributed by atoms with van der Waals surface area (Å²) >= 11 is 1.26. The molecule has 0 spiro atoms. The van der Waals surface area contributed by atoms with Crippen LogP contribution < -0.4 is 9.62 Å². The first-order valence-electron chi connectivity index (χ1n) is 8.05. The molecule has 1 heterocycles. The van der Waals surface area contributed by atoms with Gasteiger partial charge in [-0.1, -0.05) is 34.8 Å². The lowest BCUT2D eigenvalue weighted by molar-refractivity contribution is -0.114. The molecule has 1 aromatic heterocycles. The third-order valence-electron chi connectivity index (χ3n) is 3.90. The van der Waals surface area contributed by atoms with E-state index >= 15 is 0 Å². The summed E-state index contributed by atoms with van der Waals surface area (Å²) in [7, 11) is -3.61. The summed E-state index contributed by atoms with van der Waals surface area (Å²) in [6.07, 6.45) is 1.09. The summed E-state index contributed by atoms with van der Waals surface area (Å²) in [5.41, 5.74) is 3.49. The molecule has 140 valence electrons. The van der Waals surface area contributed by atoms with Crippen LogP contribution in [-0.2, 0) is 14.8 Å². The smallest absolute Gasteiger partial charge is 0.245 e. The van der Waals surface area contributed by atoms with Gasteiger partial charge < -0.3 is 5.32 Å². The first-order valence-corrected chi connectivity index (χ1v) is 10.7. The highest BCUT2D eigenvalue weighted by Gasteiger charge is 2.22. The number of nitrogens with one attached hydrogen (secondary N) is 1. The van der Waals surface area contributed by atoms with Gasteiger partial charge in [0.2, 0.25) is 15.9 Å². The van der Waals surface area contributed by atoms with E-state index in [9.17, 15) is 13.2 Å². The van der Waals surface area contributed by atoms with Crippen LogP contribution in [0.2, 0.25) is 0 Å². The van der Waals surface area contributed by atoms with Crippen LogP contribution in [0.4, 0.5) is 11.4 Å². The molecule has 0 aliphatic carbocycles. The quantitative estimate of drug-likeness (QED) is 0.684. The number of aryl methyl sites for hydroxylation is 1. The minimum atomic E-state index is -3.61. The normalized spacial score (nSPS) is 11.2. The van der Waals surface area contributed by atoms with Gasteiger partial charge in [-0.15, -0.1) is 5.10 Å². The number of para-hydroxylation sites is 1. The number of amides is 1. The Kier molecular flexibility index (Phi) is 5.52. The molecular formula is C18H18N4O3S2. The topological polar surface area (TPSA) is 92.3 Å². The molecule has 0 saturated heterocycles. The second-order valence-corrected chi connectivity index (χ2v) is 8.49. The molecule has 9 heteroatoms. The highest BCUT2D eigenvalue weighted by atomic mass is 32.2. The maximum atomic E-state index is 12.4. The molecule has 27 heavy (non-hydrogen) atoms. The number of anilines is 2. The molecule has 1 amide bonds. The number of carbonyl (C=O) groups excluding carboxylic acids is 1. The summed E-state index contributed by atoms with van der Waals surface area (Å²) in [5.74, 6) is -0.424. The SMILES string of the molecule is Cc1ccccc1N(CC(=O)Nc1ccc(-c2csnn2)cc1)S(C)(=O)=O. The number of carbonyl (C=O) groups is 1. The van der Waals surface area contributed by atoms with E-state index in [4.69, 9.17) is 0 Å². The van der Waals surface area contributed by atoms with Crippen molar-refractivity contribution in [1.29, 1.82) is 0 Å². The van der Waals surface area contributed by atoms with Gasteiger partial charge in [-0.3, -0.25) is 9.10 Å². The molecule has 0 fully saturated rings. The highest BCUT2D eigenvalue weighted by molar-refractivity contribution is 7.92. The predicted octanol–water partition coefficient (Wildman–Crippen LogP) is 2.92. The Balaban J connectivity index is 1.74. The second-order valence-electron chi connectivity index (χ2n) is 5.97. The van der Waals surface area contributed by atoms with E-state index in [1.807, 2.05) is 23.6 Å². The van der Waals surface area contributed by atoms with Crippen LogP contribution in [0.15, 0.2) is 53.9 Å². The Morgan fingerprint density at radius 1 is 1.15 bits per heavy atom. The summed E-state index contributed by atoms with van der Waals surface area (Å²) < 4.78 is 29.3. The van der Waals surface area contributed by atoms with Crippen LogP contribution in [0, 0.1) is 6.92 Å². The molecular weight excluding hydrogens is 384 g/mol. The van der Waals surface area contributed by atoms with Crippen LogP contribution in [0.1, 0.15) is 5.56 Å². The number of hydrogen-bond acceptors (Lipinski definition) is 6. The lowest BCUT2D eigenvalue weighted by Gasteiger charge is -2.23. The first kappa shape index (κ1) is 19.0. The number of aromatic nitrogens is 2. The monoisotopic (exact) mass is 402 g/mol. The zero-order chi connectivity index (χ0) is 19.4. The van der Waals surface area contributed by atoms with Crippen molar-refractivity contribution < 1.29 is 13.2 Å². The summed E-state index contributed by atoms with van der Waals surface area (Å²) in [6, 6.07) is 14.2. The Bertz CT molecular complexity index is 1030. The van der Waals surface area contributed by atoms with Crippen molar-refractivity contribution in [2.75, 3.05) is 22.4 Å². The molecule has 2 aromatic carbocycles. The summed E-state index contributed by atoms with van der Waals surface area (Å²) in [6.45, 7) is 1.50. The Morgan fingerprint density at radius 3 is 2.44 bits per heavy atom. The number of rotatable bonds is 6. The Hall–Kier alpha value is -2.78. The fraction of sp³-hybridized carbons (Fsp3) is 0.167. The number of sulfonamides is 1. The van der Waals surface area contributed by atoms with E-state index in [1.165, 1.54) is 11.5 Å². The average Bonchev–Trinajstić information content (AvgIpc) is 3.15. The molecule has 0 atom stereocenters. The molecule has 1 N–H and O–H groups in total. The summed E-state index contributed by atoms with van der Waals surface area (Å²) in [5, 5.41) is 8.55. The van der Waals surface area contributed by atoms with Gasteiger partial charge in [0.15, 0.2) is 0 Å². The number of benzene rings is 2. The van der Waals surface area contributed by atoms with Crippen LogP contribution in [0.5, 0.6) is 0 Å². The van der Waals surface area contributed by atoms with E-state index < -0.39 is 15.9 Å². The molecule has 0 radical (unpaired) electrons. The van der Waals surface area contributed by atoms with Gasteiger partial charge in [-0.2, -0.15) is 0 Å². The number of hydrogen-bond donors (Lipinski definition) is 1. The molecule has 7 nitrogen and oxygen atoms in total. The zero-order valence-corrected chi connectivity index (χ0v) is 16.4. The predicted molar refractivity (Wildman–Crippen MR) is 107 cm³/mol. The van der Waals surface area contributed by atoms with Crippen molar-refractivity contribution in [2.24, 2.45) is 0 Å². The average molecular weight is 403 g/mol. The van der Waals surface area contributed by atoms with Gasteiger partial charge >= 0.3 is 0 Å². The van der Waals surface area contributed by atoms with E-state index in [0.29, 0.717) is 11.4 Å². The largest absolute Gasteiger partial charge is 0.325 e. The van der Waals surface area contributed by atoms with Crippen molar-refractivity contribution in [3.8, 4) is 11.3 Å². The fourth-order valence-corrected chi connectivity index (χ4v) is 3.95. The van der Waals surface area contributed by atoms with Crippen LogP contribution in [0.3, 0.4) is 0 Å². The van der Waals surface area contributed by atoms with Crippen LogP contribution in [0.25, 0.3) is 11.3 Å². The van der Waals surface area contributed by atoms with Crippen molar-refractivity contribution in [3.05, 3.63) is 59.5 Å². The molecule has 0 saturated carbocycles. The van der Waals surface area contributed by atoms with Gasteiger partial charge in [-0.05, 0) is 42.2 Å². The van der Waals surface area contributed by atoms with Gasteiger partial charge in [0, 0.05) is 16.6 Å². The third-order valence-corrected chi connectivity index (χ3v) is 5.53. The number of nitrogens with zero attached hydrogens (tertiary/aromatic N) is 3. The van der Waals surface area contributed by atoms with Gasteiger partial charge in [0.25, 0.3) is 0 Å². The minimum absolute atomic E-state index is 0.304. The lowest BCUT2D eigenvalue weighted by atomic mass is 10.1. The first-order chi connectivity index (χ1) is 12.8. The van der Waals surface area contributed by atoms with Crippen molar-refractivity contribution >= 4 is 38.8 Å². The van der Waals surface area contributed by atoms with Crippen molar-refractivity contribution in [3.63, 3.8) is 0 Å². The van der Waals surface area contributed by atoms with Crippen molar-refractivity contribution in [1.82, 2.24) is 9.59 Å². The standard InChI is InChI=1S/C18H18N4O3S2/c1-13-5-3-4-6-17(13)22(27(2,24)25)11-18(23)19-15-9-7-14(8-10-15)16-12-26-21-20-16/h3-10,12H,11H2,1-2H3,(H,19,23). The van der Waals surface area contributed by atoms with Crippen LogP contribution >= 0.6 is 11.5 Å². The second kappa shape index (κ2) is 7.85. The molecule has 0 unspecified atom stereocenters. The van der Waals surface area contributed by atoms with Crippen LogP contribution in [-0.4, -0.2) is 36.7 Å². The lowest BCUT2D eigenvalue weighted by Crippen LogP contribution is -2.37. The summed E-state index contributed by atoms with van der Waals surface area (Å²) in [4.78, 5) is 12.4. The van der Waals surface area contributed by atoms with Crippen molar-refractivity contribution in [2.45, 2.75) is 6.92 Å². The molecule has 3 aromatic rings. The molecule has 0 aliphatic heterocycles. The maximum absolute atomic E-state index is 12.4. The van der Waals surface area contributed by atoms with Gasteiger partial charge in [0.1, 0.15) is 12.2 Å². The van der Waals surface area contributed by atoms with Gasteiger partial charge in [-0.25, -0.2) is 8.42 Å². The zero-order valence-electron chi connectivity index (χ0n) is 14.8. The molecule has 0 aliphatic rings. The third kappa shape index (κ3) is 4.69. The highest BCUT2D eigenvalue weighted by Crippen LogP contribution is 2.23. The van der Waals surface area contributed by atoms with E-state index in [1.54, 1.807) is 37.3 Å². The Labute approximate surface area is 161 Å². The molecule has 0 bridgehead atoms. The van der Waals surface area contributed by atoms with E-state index in [2.05, 4.69) is 14.9 Å². The fourth-order valence-electron chi connectivity index (χ4n) is 2.57. The Morgan fingerprint density at radius 2 is 1.85 bits per heavy atom. The molecule has 3 rings (SSSR count). The van der Waals surface area contributed by atoms with Gasteiger partial charge in [0.05, 0.1) is 11.9 Å². The minimum Gasteiger partial charge on any atom is -0.325 e. The van der Waals surface area contributed by atoms with E-state index in [-0.39, 0.29) is 6.54 Å². The van der Waals surface area contributed by atoms with E-state index in [0.717, 1.165) is 27.4 Å².